The quantitative estimate of drug-likeness (QED) is 0.868. The van der Waals surface area contributed by atoms with Gasteiger partial charge in [-0.3, -0.25) is 10.1 Å². The molecule has 0 aliphatic carbocycles. The van der Waals surface area contributed by atoms with Crippen molar-refractivity contribution in [2.24, 2.45) is 0 Å². The molecule has 2 atom stereocenters. The molecule has 116 valence electrons. The van der Waals surface area contributed by atoms with Gasteiger partial charge in [0.2, 0.25) is 5.91 Å². The first-order chi connectivity index (χ1) is 10.1. The third kappa shape index (κ3) is 3.51. The van der Waals surface area contributed by atoms with Crippen LogP contribution >= 0.6 is 0 Å². The van der Waals surface area contributed by atoms with Crippen molar-refractivity contribution in [2.45, 2.75) is 26.1 Å². The lowest BCUT2D eigenvalue weighted by Gasteiger charge is -2.27. The van der Waals surface area contributed by atoms with E-state index in [-0.39, 0.29) is 30.5 Å². The zero-order valence-corrected chi connectivity index (χ0v) is 12.6. The van der Waals surface area contributed by atoms with Crippen LogP contribution in [0, 0.1) is 5.82 Å². The summed E-state index contributed by atoms with van der Waals surface area (Å²) < 4.78 is 24.2. The molecule has 6 heteroatoms. The normalized spacial score (nSPS) is 19.9. The minimum atomic E-state index is -0.436. The van der Waals surface area contributed by atoms with Gasteiger partial charge in [-0.15, -0.1) is 0 Å². The van der Waals surface area contributed by atoms with Crippen molar-refractivity contribution < 1.29 is 18.7 Å². The van der Waals surface area contributed by atoms with Crippen LogP contribution in [-0.2, 0) is 9.53 Å². The molecule has 1 aromatic rings. The van der Waals surface area contributed by atoms with Crippen LogP contribution in [0.15, 0.2) is 18.2 Å². The van der Waals surface area contributed by atoms with Crippen LogP contribution in [0.25, 0.3) is 0 Å². The fraction of sp³-hybridized carbons (Fsp3) is 0.533. The van der Waals surface area contributed by atoms with Crippen molar-refractivity contribution in [3.63, 3.8) is 0 Å². The number of ether oxygens (including phenoxy) is 2. The van der Waals surface area contributed by atoms with Gasteiger partial charge in [-0.25, -0.2) is 4.39 Å². The number of carbonyl (C=O) groups excluding carboxylic acids is 1. The fourth-order valence-electron chi connectivity index (χ4n) is 2.51. The van der Waals surface area contributed by atoms with Crippen molar-refractivity contribution in [3.05, 3.63) is 29.6 Å². The minimum absolute atomic E-state index is 0.0113. The molecule has 1 heterocycles. The number of amides is 1. The Hall–Kier alpha value is -1.66. The molecule has 1 N–H and O–H groups in total. The van der Waals surface area contributed by atoms with Crippen molar-refractivity contribution in [1.82, 2.24) is 10.2 Å². The summed E-state index contributed by atoms with van der Waals surface area (Å²) in [5, 5.41) is 3.10. The number of rotatable bonds is 6. The lowest BCUT2D eigenvalue weighted by Crippen LogP contribution is -2.37. The SMILES string of the molecule is CCOC(C)CN1C(=O)CNC1c1ccc(OC)c(F)c1. The Morgan fingerprint density at radius 1 is 1.52 bits per heavy atom. The zero-order chi connectivity index (χ0) is 15.4. The van der Waals surface area contributed by atoms with Crippen LogP contribution in [0.3, 0.4) is 0 Å². The second-order valence-corrected chi connectivity index (χ2v) is 4.99. The van der Waals surface area contributed by atoms with E-state index in [1.54, 1.807) is 17.0 Å². The van der Waals surface area contributed by atoms with Gasteiger partial charge < -0.3 is 14.4 Å². The molecule has 5 nitrogen and oxygen atoms in total. The van der Waals surface area contributed by atoms with Gasteiger partial charge in [-0.2, -0.15) is 0 Å². The molecule has 1 aliphatic heterocycles. The van der Waals surface area contributed by atoms with Crippen molar-refractivity contribution in [2.75, 3.05) is 26.8 Å². The molecule has 1 amide bonds. The predicted octanol–water partition coefficient (Wildman–Crippen LogP) is 1.69. The molecule has 1 aliphatic rings. The molecule has 21 heavy (non-hydrogen) atoms. The molecule has 0 radical (unpaired) electrons. The van der Waals surface area contributed by atoms with Crippen LogP contribution in [0.5, 0.6) is 5.75 Å². The average molecular weight is 296 g/mol. The second-order valence-electron chi connectivity index (χ2n) is 4.99. The highest BCUT2D eigenvalue weighted by molar-refractivity contribution is 5.81. The van der Waals surface area contributed by atoms with Crippen molar-refractivity contribution in [1.29, 1.82) is 0 Å². The first-order valence-electron chi connectivity index (χ1n) is 7.04. The predicted molar refractivity (Wildman–Crippen MR) is 76.5 cm³/mol. The number of halogens is 1. The van der Waals surface area contributed by atoms with Gasteiger partial charge in [0.15, 0.2) is 11.6 Å². The summed E-state index contributed by atoms with van der Waals surface area (Å²) >= 11 is 0. The number of benzene rings is 1. The minimum Gasteiger partial charge on any atom is -0.494 e. The number of hydrogen-bond acceptors (Lipinski definition) is 4. The highest BCUT2D eigenvalue weighted by Gasteiger charge is 2.32. The Morgan fingerprint density at radius 3 is 2.90 bits per heavy atom. The third-order valence-electron chi connectivity index (χ3n) is 3.48. The molecule has 0 bridgehead atoms. The maximum Gasteiger partial charge on any atom is 0.238 e. The molecular formula is C15H21FN2O3. The van der Waals surface area contributed by atoms with Gasteiger partial charge in [-0.05, 0) is 31.5 Å². The number of hydrogen-bond donors (Lipinski definition) is 1. The third-order valence-corrected chi connectivity index (χ3v) is 3.48. The van der Waals surface area contributed by atoms with E-state index in [1.807, 2.05) is 13.8 Å². The molecule has 2 unspecified atom stereocenters. The number of nitrogens with one attached hydrogen (secondary N) is 1. The Labute approximate surface area is 124 Å². The summed E-state index contributed by atoms with van der Waals surface area (Å²) in [6, 6.07) is 4.73. The number of methoxy groups -OCH3 is 1. The molecule has 1 fully saturated rings. The highest BCUT2D eigenvalue weighted by Crippen LogP contribution is 2.27. The Balaban J connectivity index is 2.17. The summed E-state index contributed by atoms with van der Waals surface area (Å²) in [6.07, 6.45) is -0.398. The Kier molecular flexibility index (Phi) is 5.14. The second kappa shape index (κ2) is 6.87. The summed E-state index contributed by atoms with van der Waals surface area (Å²) in [5.74, 6) is -0.256. The van der Waals surface area contributed by atoms with Gasteiger partial charge in [0.05, 0.1) is 19.8 Å². The summed E-state index contributed by atoms with van der Waals surface area (Å²) in [5.41, 5.74) is 0.697. The monoisotopic (exact) mass is 296 g/mol. The van der Waals surface area contributed by atoms with E-state index in [2.05, 4.69) is 5.32 Å². The van der Waals surface area contributed by atoms with E-state index in [1.165, 1.54) is 13.2 Å². The molecule has 1 saturated heterocycles. The summed E-state index contributed by atoms with van der Waals surface area (Å²) in [7, 11) is 1.42. The standard InChI is InChI=1S/C15H21FN2O3/c1-4-21-10(2)9-18-14(19)8-17-15(18)11-5-6-13(20-3)12(16)7-11/h5-7,10,15,17H,4,8-9H2,1-3H3. The molecule has 0 spiro atoms. The van der Waals surface area contributed by atoms with E-state index in [0.29, 0.717) is 18.7 Å². The lowest BCUT2D eigenvalue weighted by molar-refractivity contribution is -0.129. The van der Waals surface area contributed by atoms with Crippen LogP contribution in [0.2, 0.25) is 0 Å². The average Bonchev–Trinajstić information content (AvgIpc) is 2.80. The topological polar surface area (TPSA) is 50.8 Å². The summed E-state index contributed by atoms with van der Waals surface area (Å²) in [4.78, 5) is 13.7. The van der Waals surface area contributed by atoms with E-state index >= 15 is 0 Å². The Morgan fingerprint density at radius 2 is 2.29 bits per heavy atom. The van der Waals surface area contributed by atoms with E-state index in [0.717, 1.165) is 0 Å². The molecule has 0 saturated carbocycles. The van der Waals surface area contributed by atoms with Gasteiger partial charge in [-0.1, -0.05) is 6.07 Å². The van der Waals surface area contributed by atoms with E-state index in [4.69, 9.17) is 9.47 Å². The molecule has 2 rings (SSSR count). The van der Waals surface area contributed by atoms with E-state index in [9.17, 15) is 9.18 Å². The van der Waals surface area contributed by atoms with Crippen LogP contribution in [-0.4, -0.2) is 43.7 Å². The number of nitrogens with zero attached hydrogens (tertiary/aromatic N) is 1. The lowest BCUT2D eigenvalue weighted by atomic mass is 10.1. The smallest absolute Gasteiger partial charge is 0.238 e. The van der Waals surface area contributed by atoms with Crippen molar-refractivity contribution >= 4 is 5.91 Å². The molecular weight excluding hydrogens is 275 g/mol. The summed E-state index contributed by atoms with van der Waals surface area (Å²) in [6.45, 7) is 5.14. The first-order valence-corrected chi connectivity index (χ1v) is 7.04. The van der Waals surface area contributed by atoms with Crippen molar-refractivity contribution in [3.8, 4) is 5.75 Å². The maximum absolute atomic E-state index is 13.8. The fourth-order valence-corrected chi connectivity index (χ4v) is 2.51. The van der Waals surface area contributed by atoms with Gasteiger partial charge in [0.1, 0.15) is 6.17 Å². The van der Waals surface area contributed by atoms with Crippen LogP contribution < -0.4 is 10.1 Å². The van der Waals surface area contributed by atoms with E-state index < -0.39 is 5.82 Å². The van der Waals surface area contributed by atoms with Gasteiger partial charge in [0.25, 0.3) is 0 Å². The molecule has 0 aromatic heterocycles. The van der Waals surface area contributed by atoms with Crippen LogP contribution in [0.1, 0.15) is 25.6 Å². The first kappa shape index (κ1) is 15.7. The van der Waals surface area contributed by atoms with Crippen LogP contribution in [0.4, 0.5) is 4.39 Å². The molecule has 1 aromatic carbocycles. The highest BCUT2D eigenvalue weighted by atomic mass is 19.1. The largest absolute Gasteiger partial charge is 0.494 e. The maximum atomic E-state index is 13.8. The Bertz CT molecular complexity index is 510. The zero-order valence-electron chi connectivity index (χ0n) is 12.6. The number of carbonyl (C=O) groups is 1. The van der Waals surface area contributed by atoms with Gasteiger partial charge >= 0.3 is 0 Å². The van der Waals surface area contributed by atoms with Gasteiger partial charge in [0, 0.05) is 13.2 Å².